The lowest BCUT2D eigenvalue weighted by molar-refractivity contribution is 0.0560. The monoisotopic (exact) mass is 525 g/mol. The van der Waals surface area contributed by atoms with Gasteiger partial charge in [-0.15, -0.1) is 0 Å². The standard InChI is InChI=1S/C21H25F2N7O5S/c1-13-18(12-28(27-13)19(22)23)36(32,33)29-10-15(11-30-24-7-8-25-30)34-17-6-5-14(9-16(17)29)26-20(31)35-21(2,3)4/h5-9,12,15,19H,10-11H2,1-4H3,(H,26,31)/t15-/m1/s1. The van der Waals surface area contributed by atoms with Crippen molar-refractivity contribution in [1.82, 2.24) is 24.8 Å². The Kier molecular flexibility index (Phi) is 6.60. The average molecular weight is 526 g/mol. The lowest BCUT2D eigenvalue weighted by Gasteiger charge is -2.35. The molecule has 1 aromatic carbocycles. The van der Waals surface area contributed by atoms with Crippen molar-refractivity contribution in [1.29, 1.82) is 0 Å². The van der Waals surface area contributed by atoms with Crippen LogP contribution in [0, 0.1) is 6.92 Å². The van der Waals surface area contributed by atoms with E-state index >= 15 is 0 Å². The van der Waals surface area contributed by atoms with Crippen LogP contribution in [0.3, 0.4) is 0 Å². The van der Waals surface area contributed by atoms with Gasteiger partial charge in [0, 0.05) is 5.69 Å². The number of alkyl halides is 2. The van der Waals surface area contributed by atoms with Crippen LogP contribution in [0.1, 0.15) is 33.0 Å². The number of anilines is 2. The first-order valence-corrected chi connectivity index (χ1v) is 12.3. The number of benzene rings is 1. The minimum atomic E-state index is -4.36. The van der Waals surface area contributed by atoms with Crippen molar-refractivity contribution in [2.45, 2.75) is 57.4 Å². The van der Waals surface area contributed by atoms with Crippen molar-refractivity contribution in [2.75, 3.05) is 16.2 Å². The molecule has 12 nitrogen and oxygen atoms in total. The van der Waals surface area contributed by atoms with Gasteiger partial charge in [-0.1, -0.05) is 0 Å². The molecule has 0 spiro atoms. The predicted molar refractivity (Wildman–Crippen MR) is 123 cm³/mol. The summed E-state index contributed by atoms with van der Waals surface area (Å²) in [6.07, 6.45) is 2.31. The summed E-state index contributed by atoms with van der Waals surface area (Å²) in [5.41, 5.74) is -0.472. The second kappa shape index (κ2) is 9.37. The van der Waals surface area contributed by atoms with Gasteiger partial charge < -0.3 is 9.47 Å². The molecule has 15 heteroatoms. The second-order valence-corrected chi connectivity index (χ2v) is 10.8. The summed E-state index contributed by atoms with van der Waals surface area (Å²) in [5, 5.41) is 14.2. The Morgan fingerprint density at radius 3 is 2.58 bits per heavy atom. The highest BCUT2D eigenvalue weighted by Gasteiger charge is 2.37. The van der Waals surface area contributed by atoms with Crippen LogP contribution in [0.5, 0.6) is 5.75 Å². The molecule has 0 saturated heterocycles. The third kappa shape index (κ3) is 5.40. The molecule has 0 fully saturated rings. The highest BCUT2D eigenvalue weighted by atomic mass is 32.2. The Labute approximate surface area is 205 Å². The first-order chi connectivity index (χ1) is 16.8. The topological polar surface area (TPSA) is 133 Å². The average Bonchev–Trinajstić information content (AvgIpc) is 3.41. The van der Waals surface area contributed by atoms with E-state index in [4.69, 9.17) is 9.47 Å². The fourth-order valence-corrected chi connectivity index (χ4v) is 5.25. The number of sulfonamides is 1. The Bertz CT molecular complexity index is 1350. The molecule has 1 aliphatic heterocycles. The summed E-state index contributed by atoms with van der Waals surface area (Å²) in [7, 11) is -4.36. The Balaban J connectivity index is 1.72. The number of carbonyl (C=O) groups is 1. The van der Waals surface area contributed by atoms with Crippen molar-refractivity contribution in [3.63, 3.8) is 0 Å². The fraction of sp³-hybridized carbons (Fsp3) is 0.429. The fourth-order valence-electron chi connectivity index (χ4n) is 3.59. The smallest absolute Gasteiger partial charge is 0.412 e. The van der Waals surface area contributed by atoms with Gasteiger partial charge in [0.25, 0.3) is 10.0 Å². The number of nitrogens with one attached hydrogen (secondary N) is 1. The normalized spacial score (nSPS) is 16.0. The third-order valence-corrected chi connectivity index (χ3v) is 6.89. The van der Waals surface area contributed by atoms with Crippen molar-refractivity contribution in [3.8, 4) is 5.75 Å². The molecule has 0 radical (unpaired) electrons. The van der Waals surface area contributed by atoms with Gasteiger partial charge in [-0.05, 0) is 45.9 Å². The van der Waals surface area contributed by atoms with Crippen molar-refractivity contribution >= 4 is 27.5 Å². The van der Waals surface area contributed by atoms with E-state index in [0.29, 0.717) is 0 Å². The maximum Gasteiger partial charge on any atom is 0.412 e. The first kappa shape index (κ1) is 25.3. The number of carbonyl (C=O) groups excluding carboxylic acids is 1. The zero-order valence-corrected chi connectivity index (χ0v) is 20.7. The van der Waals surface area contributed by atoms with Crippen molar-refractivity contribution < 1.29 is 31.5 Å². The van der Waals surface area contributed by atoms with E-state index in [1.165, 1.54) is 42.3 Å². The van der Waals surface area contributed by atoms with Crippen LogP contribution in [-0.4, -0.2) is 57.5 Å². The summed E-state index contributed by atoms with van der Waals surface area (Å²) in [4.78, 5) is 13.2. The van der Waals surface area contributed by atoms with Gasteiger partial charge in [-0.2, -0.15) is 28.9 Å². The van der Waals surface area contributed by atoms with Gasteiger partial charge in [0.05, 0.1) is 43.1 Å². The van der Waals surface area contributed by atoms with Gasteiger partial charge in [-0.3, -0.25) is 9.62 Å². The third-order valence-electron chi connectivity index (χ3n) is 5.01. The van der Waals surface area contributed by atoms with Crippen LogP contribution in [0.4, 0.5) is 25.0 Å². The van der Waals surface area contributed by atoms with Gasteiger partial charge in [0.15, 0.2) is 0 Å². The van der Waals surface area contributed by atoms with Crippen LogP contribution < -0.4 is 14.4 Å². The first-order valence-electron chi connectivity index (χ1n) is 10.8. The summed E-state index contributed by atoms with van der Waals surface area (Å²) >= 11 is 0. The maximum atomic E-state index is 13.7. The van der Waals surface area contributed by atoms with Crippen LogP contribution in [0.2, 0.25) is 0 Å². The van der Waals surface area contributed by atoms with Crippen LogP contribution in [0.15, 0.2) is 41.7 Å². The maximum absolute atomic E-state index is 13.7. The highest BCUT2D eigenvalue weighted by molar-refractivity contribution is 7.92. The molecule has 194 valence electrons. The SMILES string of the molecule is Cc1nn(C(F)F)cc1S(=O)(=O)N1C[C@H](Cn2nccn2)Oc2ccc(NC(=O)OC(C)(C)C)cc21. The molecule has 0 aliphatic carbocycles. The van der Waals surface area contributed by atoms with E-state index in [0.717, 1.165) is 10.5 Å². The number of hydrogen-bond acceptors (Lipinski definition) is 8. The Morgan fingerprint density at radius 1 is 1.28 bits per heavy atom. The lowest BCUT2D eigenvalue weighted by atomic mass is 10.2. The number of halogens is 2. The number of aryl methyl sites for hydroxylation is 1. The summed E-state index contributed by atoms with van der Waals surface area (Å²) in [6, 6.07) is 4.44. The summed E-state index contributed by atoms with van der Waals surface area (Å²) in [6.45, 7) is 3.40. The summed E-state index contributed by atoms with van der Waals surface area (Å²) < 4.78 is 66.4. The van der Waals surface area contributed by atoms with Gasteiger partial charge in [-0.25, -0.2) is 17.9 Å². The summed E-state index contributed by atoms with van der Waals surface area (Å²) in [5.74, 6) is 0.204. The van der Waals surface area contributed by atoms with E-state index in [-0.39, 0.29) is 45.5 Å². The van der Waals surface area contributed by atoms with E-state index in [1.807, 2.05) is 0 Å². The quantitative estimate of drug-likeness (QED) is 0.519. The van der Waals surface area contributed by atoms with Crippen LogP contribution in [0.25, 0.3) is 0 Å². The minimum Gasteiger partial charge on any atom is -0.484 e. The molecule has 0 saturated carbocycles. The Morgan fingerprint density at radius 2 is 1.97 bits per heavy atom. The molecule has 1 aliphatic rings. The molecule has 1 amide bonds. The van der Waals surface area contributed by atoms with Crippen molar-refractivity contribution in [2.24, 2.45) is 0 Å². The van der Waals surface area contributed by atoms with E-state index < -0.39 is 34.4 Å². The zero-order chi connectivity index (χ0) is 26.3. The van der Waals surface area contributed by atoms with Gasteiger partial charge in [0.1, 0.15) is 22.4 Å². The van der Waals surface area contributed by atoms with E-state index in [1.54, 1.807) is 20.8 Å². The van der Waals surface area contributed by atoms with Crippen LogP contribution >= 0.6 is 0 Å². The number of hydrogen-bond donors (Lipinski definition) is 1. The Hall–Kier alpha value is -3.75. The zero-order valence-electron chi connectivity index (χ0n) is 19.9. The number of fused-ring (bicyclic) bond motifs is 1. The number of nitrogens with zero attached hydrogens (tertiary/aromatic N) is 6. The molecule has 3 heterocycles. The van der Waals surface area contributed by atoms with Crippen LogP contribution in [-0.2, 0) is 21.3 Å². The number of amides is 1. The second-order valence-electron chi connectivity index (χ2n) is 9.01. The molecule has 3 aromatic rings. The largest absolute Gasteiger partial charge is 0.484 e. The predicted octanol–water partition coefficient (Wildman–Crippen LogP) is 3.18. The molecular formula is C21H25F2N7O5S. The minimum absolute atomic E-state index is 0.0864. The molecule has 36 heavy (non-hydrogen) atoms. The number of aromatic nitrogens is 5. The number of ether oxygens (including phenoxy) is 2. The van der Waals surface area contributed by atoms with Gasteiger partial charge in [0.2, 0.25) is 0 Å². The molecular weight excluding hydrogens is 500 g/mol. The molecule has 1 N–H and O–H groups in total. The van der Waals surface area contributed by atoms with Gasteiger partial charge >= 0.3 is 12.6 Å². The molecule has 1 atom stereocenters. The highest BCUT2D eigenvalue weighted by Crippen LogP contribution is 2.39. The molecule has 0 bridgehead atoms. The van der Waals surface area contributed by atoms with E-state index in [9.17, 15) is 22.0 Å². The molecule has 2 aromatic heterocycles. The van der Waals surface area contributed by atoms with Crippen molar-refractivity contribution in [3.05, 3.63) is 42.5 Å². The molecule has 0 unspecified atom stereocenters. The molecule has 4 rings (SSSR count). The van der Waals surface area contributed by atoms with E-state index in [2.05, 4.69) is 20.6 Å². The number of rotatable bonds is 6. The lowest BCUT2D eigenvalue weighted by Crippen LogP contribution is -2.45.